The fourth-order valence-corrected chi connectivity index (χ4v) is 1.50. The standard InChI is InChI=1S/C13H21NO3/c1-4-16-13-8-6-5-7-12(13)11(2)14-17-10-9-15-3/h5-8,11,14H,4,9-10H2,1-3H3. The molecule has 1 unspecified atom stereocenters. The molecule has 96 valence electrons. The minimum absolute atomic E-state index is 0.0783. The zero-order valence-electron chi connectivity index (χ0n) is 10.7. The van der Waals surface area contributed by atoms with Gasteiger partial charge in [-0.2, -0.15) is 5.48 Å². The maximum atomic E-state index is 5.57. The number of hydrogen-bond donors (Lipinski definition) is 1. The molecule has 1 aromatic rings. The first-order valence-electron chi connectivity index (χ1n) is 5.87. The first-order valence-corrected chi connectivity index (χ1v) is 5.87. The number of benzene rings is 1. The van der Waals surface area contributed by atoms with Crippen molar-refractivity contribution in [3.8, 4) is 5.75 Å². The van der Waals surface area contributed by atoms with Crippen molar-refractivity contribution in [2.45, 2.75) is 19.9 Å². The van der Waals surface area contributed by atoms with E-state index in [2.05, 4.69) is 5.48 Å². The summed E-state index contributed by atoms with van der Waals surface area (Å²) in [6, 6.07) is 8.03. The molecule has 4 heteroatoms. The maximum absolute atomic E-state index is 5.57. The SMILES string of the molecule is CCOc1ccccc1C(C)NOCCOC. The lowest BCUT2D eigenvalue weighted by molar-refractivity contribution is -0.00963. The van der Waals surface area contributed by atoms with E-state index in [-0.39, 0.29) is 6.04 Å². The number of ether oxygens (including phenoxy) is 2. The average Bonchev–Trinajstić information content (AvgIpc) is 2.35. The summed E-state index contributed by atoms with van der Waals surface area (Å²) in [6.07, 6.45) is 0. The number of rotatable bonds is 8. The molecule has 0 saturated carbocycles. The highest BCUT2D eigenvalue weighted by atomic mass is 16.7. The lowest BCUT2D eigenvalue weighted by Gasteiger charge is -2.17. The summed E-state index contributed by atoms with van der Waals surface area (Å²) in [7, 11) is 1.65. The minimum atomic E-state index is 0.0783. The summed E-state index contributed by atoms with van der Waals surface area (Å²) in [5, 5.41) is 0. The van der Waals surface area contributed by atoms with E-state index in [1.807, 2.05) is 38.1 Å². The van der Waals surface area contributed by atoms with Gasteiger partial charge in [0, 0.05) is 12.7 Å². The summed E-state index contributed by atoms with van der Waals surface area (Å²) < 4.78 is 10.5. The summed E-state index contributed by atoms with van der Waals surface area (Å²) in [5.41, 5.74) is 4.06. The minimum Gasteiger partial charge on any atom is -0.494 e. The Bertz CT molecular complexity index is 317. The Kier molecular flexibility index (Phi) is 6.62. The van der Waals surface area contributed by atoms with Gasteiger partial charge in [0.1, 0.15) is 5.75 Å². The average molecular weight is 239 g/mol. The van der Waals surface area contributed by atoms with E-state index in [0.717, 1.165) is 11.3 Å². The Morgan fingerprint density at radius 3 is 2.71 bits per heavy atom. The normalized spacial score (nSPS) is 12.4. The van der Waals surface area contributed by atoms with Gasteiger partial charge in [0.2, 0.25) is 0 Å². The lowest BCUT2D eigenvalue weighted by Crippen LogP contribution is -2.21. The highest BCUT2D eigenvalue weighted by molar-refractivity contribution is 5.35. The van der Waals surface area contributed by atoms with Crippen molar-refractivity contribution in [2.24, 2.45) is 0 Å². The Morgan fingerprint density at radius 1 is 1.24 bits per heavy atom. The van der Waals surface area contributed by atoms with Crippen molar-refractivity contribution >= 4 is 0 Å². The zero-order valence-corrected chi connectivity index (χ0v) is 10.7. The molecule has 0 amide bonds. The largest absolute Gasteiger partial charge is 0.494 e. The van der Waals surface area contributed by atoms with Crippen LogP contribution in [0.1, 0.15) is 25.5 Å². The number of para-hydroxylation sites is 1. The van der Waals surface area contributed by atoms with Gasteiger partial charge < -0.3 is 9.47 Å². The summed E-state index contributed by atoms with van der Waals surface area (Å²) >= 11 is 0. The first-order chi connectivity index (χ1) is 8.29. The van der Waals surface area contributed by atoms with E-state index in [0.29, 0.717) is 19.8 Å². The molecule has 0 fully saturated rings. The molecular formula is C13H21NO3. The van der Waals surface area contributed by atoms with Gasteiger partial charge in [0.05, 0.1) is 25.9 Å². The van der Waals surface area contributed by atoms with Gasteiger partial charge in [0.25, 0.3) is 0 Å². The van der Waals surface area contributed by atoms with E-state index < -0.39 is 0 Å². The van der Waals surface area contributed by atoms with Gasteiger partial charge in [-0.1, -0.05) is 18.2 Å². The van der Waals surface area contributed by atoms with Crippen LogP contribution in [0.4, 0.5) is 0 Å². The van der Waals surface area contributed by atoms with Gasteiger partial charge in [-0.25, -0.2) is 0 Å². The molecule has 0 aliphatic heterocycles. The summed E-state index contributed by atoms with van der Waals surface area (Å²) in [6.45, 7) is 5.77. The molecule has 0 saturated heterocycles. The zero-order chi connectivity index (χ0) is 12.5. The molecule has 0 spiro atoms. The van der Waals surface area contributed by atoms with Crippen LogP contribution in [0.2, 0.25) is 0 Å². The molecule has 0 aliphatic carbocycles. The van der Waals surface area contributed by atoms with Gasteiger partial charge in [-0.05, 0) is 19.9 Å². The quantitative estimate of drug-likeness (QED) is 0.558. The second-order valence-electron chi connectivity index (χ2n) is 3.65. The van der Waals surface area contributed by atoms with Gasteiger partial charge in [-0.15, -0.1) is 0 Å². The molecule has 1 rings (SSSR count). The van der Waals surface area contributed by atoms with Crippen molar-refractivity contribution in [1.82, 2.24) is 5.48 Å². The van der Waals surface area contributed by atoms with Crippen LogP contribution in [-0.4, -0.2) is 26.9 Å². The second kappa shape index (κ2) is 8.06. The number of hydrogen-bond acceptors (Lipinski definition) is 4. The molecule has 0 bridgehead atoms. The van der Waals surface area contributed by atoms with Crippen LogP contribution >= 0.6 is 0 Å². The number of hydroxylamine groups is 1. The molecule has 0 radical (unpaired) electrons. The van der Waals surface area contributed by atoms with Crippen LogP contribution in [0, 0.1) is 0 Å². The number of nitrogens with one attached hydrogen (secondary N) is 1. The second-order valence-corrected chi connectivity index (χ2v) is 3.65. The van der Waals surface area contributed by atoms with E-state index in [1.165, 1.54) is 0 Å². The molecule has 1 N–H and O–H groups in total. The summed E-state index contributed by atoms with van der Waals surface area (Å²) in [4.78, 5) is 5.29. The van der Waals surface area contributed by atoms with Crippen molar-refractivity contribution in [3.63, 3.8) is 0 Å². The fraction of sp³-hybridized carbons (Fsp3) is 0.538. The van der Waals surface area contributed by atoms with Crippen LogP contribution in [0.15, 0.2) is 24.3 Å². The first kappa shape index (κ1) is 14.0. The van der Waals surface area contributed by atoms with Gasteiger partial charge >= 0.3 is 0 Å². The molecule has 4 nitrogen and oxygen atoms in total. The lowest BCUT2D eigenvalue weighted by atomic mass is 10.1. The van der Waals surface area contributed by atoms with Crippen molar-refractivity contribution < 1.29 is 14.3 Å². The van der Waals surface area contributed by atoms with Crippen LogP contribution in [0.5, 0.6) is 5.75 Å². The maximum Gasteiger partial charge on any atom is 0.124 e. The third-order valence-electron chi connectivity index (χ3n) is 2.33. The topological polar surface area (TPSA) is 39.7 Å². The highest BCUT2D eigenvalue weighted by Crippen LogP contribution is 2.24. The Hall–Kier alpha value is -1.10. The Labute approximate surface area is 103 Å². The number of methoxy groups -OCH3 is 1. The fourth-order valence-electron chi connectivity index (χ4n) is 1.50. The smallest absolute Gasteiger partial charge is 0.124 e. The van der Waals surface area contributed by atoms with Gasteiger partial charge in [-0.3, -0.25) is 4.84 Å². The molecule has 1 atom stereocenters. The monoisotopic (exact) mass is 239 g/mol. The van der Waals surface area contributed by atoms with Crippen LogP contribution in [0.3, 0.4) is 0 Å². The molecule has 0 heterocycles. The molecular weight excluding hydrogens is 218 g/mol. The third kappa shape index (κ3) is 4.73. The van der Waals surface area contributed by atoms with E-state index in [9.17, 15) is 0 Å². The molecule has 17 heavy (non-hydrogen) atoms. The molecule has 0 aliphatic rings. The molecule has 0 aromatic heterocycles. The van der Waals surface area contributed by atoms with E-state index in [1.54, 1.807) is 7.11 Å². The molecule has 1 aromatic carbocycles. The predicted octanol–water partition coefficient (Wildman–Crippen LogP) is 2.31. The van der Waals surface area contributed by atoms with Crippen LogP contribution < -0.4 is 10.2 Å². The van der Waals surface area contributed by atoms with E-state index >= 15 is 0 Å². The summed E-state index contributed by atoms with van der Waals surface area (Å²) in [5.74, 6) is 0.894. The van der Waals surface area contributed by atoms with Crippen LogP contribution in [0.25, 0.3) is 0 Å². The third-order valence-corrected chi connectivity index (χ3v) is 2.33. The van der Waals surface area contributed by atoms with E-state index in [4.69, 9.17) is 14.3 Å². The van der Waals surface area contributed by atoms with Crippen molar-refractivity contribution in [2.75, 3.05) is 26.9 Å². The van der Waals surface area contributed by atoms with Gasteiger partial charge in [0.15, 0.2) is 0 Å². The van der Waals surface area contributed by atoms with Crippen LogP contribution in [-0.2, 0) is 9.57 Å². The van der Waals surface area contributed by atoms with Crippen molar-refractivity contribution in [3.05, 3.63) is 29.8 Å². The van der Waals surface area contributed by atoms with Crippen molar-refractivity contribution in [1.29, 1.82) is 0 Å². The Morgan fingerprint density at radius 2 is 2.00 bits per heavy atom. The Balaban J connectivity index is 2.52. The highest BCUT2D eigenvalue weighted by Gasteiger charge is 2.10. The predicted molar refractivity (Wildman–Crippen MR) is 67.0 cm³/mol.